The third kappa shape index (κ3) is 5.55. The van der Waals surface area contributed by atoms with Crippen LogP contribution in [0.3, 0.4) is 0 Å². The Balaban J connectivity index is 1.59. The number of anilines is 3. The van der Waals surface area contributed by atoms with Crippen LogP contribution in [0.15, 0.2) is 36.4 Å². The number of alkyl halides is 3. The Morgan fingerprint density at radius 1 is 1.03 bits per heavy atom. The van der Waals surface area contributed by atoms with Crippen molar-refractivity contribution in [3.63, 3.8) is 0 Å². The van der Waals surface area contributed by atoms with E-state index in [0.717, 1.165) is 29.0 Å². The number of carbonyl (C=O) groups is 1. The average molecular weight is 471 g/mol. The minimum Gasteiger partial charge on any atom is -0.493 e. The van der Waals surface area contributed by atoms with Crippen LogP contribution in [0.2, 0.25) is 0 Å². The van der Waals surface area contributed by atoms with Crippen molar-refractivity contribution in [2.45, 2.75) is 12.7 Å². The highest BCUT2D eigenvalue weighted by atomic mass is 32.1. The molecule has 0 spiro atoms. The Kier molecular flexibility index (Phi) is 6.98. The second-order valence-corrected chi connectivity index (χ2v) is 7.18. The SMILES string of the molecule is COc1ccc(CNc2nnc(NC(=O)Nc3cccc(C(F)(F)F)c3F)s2)cc1OC. The van der Waals surface area contributed by atoms with Crippen molar-refractivity contribution in [1.29, 1.82) is 0 Å². The predicted molar refractivity (Wildman–Crippen MR) is 111 cm³/mol. The first-order chi connectivity index (χ1) is 15.2. The summed E-state index contributed by atoms with van der Waals surface area (Å²) in [6.07, 6.45) is -4.88. The molecule has 0 radical (unpaired) electrons. The highest BCUT2D eigenvalue weighted by Crippen LogP contribution is 2.34. The van der Waals surface area contributed by atoms with E-state index >= 15 is 0 Å². The van der Waals surface area contributed by atoms with Gasteiger partial charge in [-0.2, -0.15) is 13.2 Å². The molecule has 32 heavy (non-hydrogen) atoms. The zero-order valence-electron chi connectivity index (χ0n) is 16.7. The molecular formula is C19H17F4N5O3S. The second-order valence-electron chi connectivity index (χ2n) is 6.20. The highest BCUT2D eigenvalue weighted by Gasteiger charge is 2.35. The summed E-state index contributed by atoms with van der Waals surface area (Å²) in [6.45, 7) is 0.372. The molecule has 0 unspecified atom stereocenters. The smallest absolute Gasteiger partial charge is 0.419 e. The Hall–Kier alpha value is -3.61. The molecule has 0 atom stereocenters. The number of halogens is 4. The van der Waals surface area contributed by atoms with Crippen molar-refractivity contribution in [2.75, 3.05) is 30.2 Å². The number of benzene rings is 2. The zero-order chi connectivity index (χ0) is 23.3. The molecule has 0 aliphatic rings. The Morgan fingerprint density at radius 3 is 2.44 bits per heavy atom. The van der Waals surface area contributed by atoms with Gasteiger partial charge in [-0.1, -0.05) is 23.5 Å². The molecule has 0 aliphatic heterocycles. The van der Waals surface area contributed by atoms with E-state index in [9.17, 15) is 22.4 Å². The largest absolute Gasteiger partial charge is 0.493 e. The third-order valence-electron chi connectivity index (χ3n) is 4.09. The molecule has 0 saturated heterocycles. The van der Waals surface area contributed by atoms with Gasteiger partial charge in [0.05, 0.1) is 25.5 Å². The number of urea groups is 1. The molecule has 3 aromatic rings. The molecule has 3 rings (SSSR count). The maximum Gasteiger partial charge on any atom is 0.419 e. The first-order valence-electron chi connectivity index (χ1n) is 8.93. The number of hydrogen-bond acceptors (Lipinski definition) is 7. The van der Waals surface area contributed by atoms with Gasteiger partial charge in [-0.15, -0.1) is 10.2 Å². The Labute approximate surface area is 183 Å². The van der Waals surface area contributed by atoms with Crippen LogP contribution in [0.5, 0.6) is 11.5 Å². The van der Waals surface area contributed by atoms with E-state index < -0.39 is 29.3 Å². The fourth-order valence-corrected chi connectivity index (χ4v) is 3.25. The lowest BCUT2D eigenvalue weighted by molar-refractivity contribution is -0.139. The maximum atomic E-state index is 14.0. The van der Waals surface area contributed by atoms with E-state index in [1.807, 2.05) is 11.4 Å². The third-order valence-corrected chi connectivity index (χ3v) is 4.89. The number of methoxy groups -OCH3 is 2. The van der Waals surface area contributed by atoms with Crippen molar-refractivity contribution in [3.8, 4) is 11.5 Å². The molecular weight excluding hydrogens is 454 g/mol. The van der Waals surface area contributed by atoms with Gasteiger partial charge < -0.3 is 20.1 Å². The van der Waals surface area contributed by atoms with Gasteiger partial charge in [0.1, 0.15) is 0 Å². The number of rotatable bonds is 7. The molecule has 13 heteroatoms. The Morgan fingerprint density at radius 2 is 1.75 bits per heavy atom. The maximum absolute atomic E-state index is 14.0. The van der Waals surface area contributed by atoms with E-state index in [0.29, 0.717) is 29.2 Å². The number of hydrogen-bond donors (Lipinski definition) is 3. The Bertz CT molecular complexity index is 1110. The number of aromatic nitrogens is 2. The van der Waals surface area contributed by atoms with Crippen LogP contribution < -0.4 is 25.4 Å². The number of nitrogens with one attached hydrogen (secondary N) is 3. The molecule has 1 aromatic heterocycles. The van der Waals surface area contributed by atoms with Crippen LogP contribution in [-0.4, -0.2) is 30.4 Å². The quantitative estimate of drug-likeness (QED) is 0.421. The van der Waals surface area contributed by atoms with Gasteiger partial charge in [-0.05, 0) is 29.8 Å². The van der Waals surface area contributed by atoms with Crippen molar-refractivity contribution in [1.82, 2.24) is 10.2 Å². The lowest BCUT2D eigenvalue weighted by Gasteiger charge is -2.11. The van der Waals surface area contributed by atoms with Crippen LogP contribution in [-0.2, 0) is 12.7 Å². The van der Waals surface area contributed by atoms with Gasteiger partial charge >= 0.3 is 12.2 Å². The standard InChI is InChI=1S/C19H17F4N5O3S/c1-30-13-7-6-10(8-14(13)31-2)9-24-17-27-28-18(32-17)26-16(29)25-12-5-3-4-11(15(12)20)19(21,22)23/h3-8H,9H2,1-2H3,(H,24,27)(H2,25,26,28,29). The fraction of sp³-hybridized carbons (Fsp3) is 0.211. The molecule has 0 bridgehead atoms. The summed E-state index contributed by atoms with van der Waals surface area (Å²) in [6, 6.07) is 6.98. The molecule has 0 aliphatic carbocycles. The van der Waals surface area contributed by atoms with Crippen LogP contribution in [0.1, 0.15) is 11.1 Å². The van der Waals surface area contributed by atoms with Crippen LogP contribution in [0, 0.1) is 5.82 Å². The molecule has 3 N–H and O–H groups in total. The number of ether oxygens (including phenoxy) is 2. The first-order valence-corrected chi connectivity index (χ1v) is 9.75. The summed E-state index contributed by atoms with van der Waals surface area (Å²) in [5, 5.41) is 15.4. The van der Waals surface area contributed by atoms with E-state index in [1.54, 1.807) is 12.1 Å². The molecule has 2 aromatic carbocycles. The van der Waals surface area contributed by atoms with E-state index in [1.165, 1.54) is 14.2 Å². The summed E-state index contributed by atoms with van der Waals surface area (Å²) in [5.74, 6) is -0.434. The lowest BCUT2D eigenvalue weighted by atomic mass is 10.2. The lowest BCUT2D eigenvalue weighted by Crippen LogP contribution is -2.21. The van der Waals surface area contributed by atoms with Crippen LogP contribution in [0.4, 0.5) is 38.3 Å². The molecule has 0 saturated carbocycles. The number of nitrogens with zero attached hydrogens (tertiary/aromatic N) is 2. The molecule has 8 nitrogen and oxygen atoms in total. The minimum absolute atomic E-state index is 0.0599. The van der Waals surface area contributed by atoms with Crippen molar-refractivity contribution in [3.05, 3.63) is 53.3 Å². The van der Waals surface area contributed by atoms with E-state index in [4.69, 9.17) is 9.47 Å². The van der Waals surface area contributed by atoms with Gasteiger partial charge in [-0.25, -0.2) is 9.18 Å². The summed E-state index contributed by atoms with van der Waals surface area (Å²) < 4.78 is 62.8. The number of carbonyl (C=O) groups excluding carboxylic acids is 1. The van der Waals surface area contributed by atoms with Crippen molar-refractivity contribution < 1.29 is 31.8 Å². The monoisotopic (exact) mass is 471 g/mol. The summed E-state index contributed by atoms with van der Waals surface area (Å²) >= 11 is 0.985. The van der Waals surface area contributed by atoms with Crippen LogP contribution >= 0.6 is 11.3 Å². The average Bonchev–Trinajstić information content (AvgIpc) is 3.19. The van der Waals surface area contributed by atoms with Crippen molar-refractivity contribution in [2.24, 2.45) is 0 Å². The second kappa shape index (κ2) is 9.68. The topological polar surface area (TPSA) is 97.4 Å². The van der Waals surface area contributed by atoms with Crippen LogP contribution in [0.25, 0.3) is 0 Å². The van der Waals surface area contributed by atoms with Gasteiger partial charge in [0.15, 0.2) is 17.3 Å². The van der Waals surface area contributed by atoms with Crippen molar-refractivity contribution >= 4 is 33.3 Å². The summed E-state index contributed by atoms with van der Waals surface area (Å²) in [5.41, 5.74) is -1.23. The normalized spacial score (nSPS) is 11.1. The minimum atomic E-state index is -4.88. The van der Waals surface area contributed by atoms with E-state index in [-0.39, 0.29) is 5.13 Å². The van der Waals surface area contributed by atoms with Gasteiger partial charge in [0.2, 0.25) is 10.3 Å². The van der Waals surface area contributed by atoms with Gasteiger partial charge in [-0.3, -0.25) is 5.32 Å². The zero-order valence-corrected chi connectivity index (χ0v) is 17.5. The van der Waals surface area contributed by atoms with E-state index in [2.05, 4.69) is 20.8 Å². The summed E-state index contributed by atoms with van der Waals surface area (Å²) in [4.78, 5) is 12.0. The molecule has 1 heterocycles. The predicted octanol–water partition coefficient (Wildman–Crippen LogP) is 4.97. The first kappa shape index (κ1) is 23.1. The summed E-state index contributed by atoms with van der Waals surface area (Å²) in [7, 11) is 3.05. The highest BCUT2D eigenvalue weighted by molar-refractivity contribution is 7.19. The molecule has 2 amide bonds. The number of amides is 2. The van der Waals surface area contributed by atoms with Gasteiger partial charge in [0, 0.05) is 6.54 Å². The molecule has 0 fully saturated rings. The molecule has 170 valence electrons. The van der Waals surface area contributed by atoms with Gasteiger partial charge in [0.25, 0.3) is 0 Å². The fourth-order valence-electron chi connectivity index (χ4n) is 2.61.